The molecule has 0 aliphatic carbocycles. The Labute approximate surface area is 129 Å². The van der Waals surface area contributed by atoms with E-state index in [0.29, 0.717) is 32.8 Å². The average Bonchev–Trinajstić information content (AvgIpc) is 3.02. The van der Waals surface area contributed by atoms with Crippen molar-refractivity contribution in [3.8, 4) is 0 Å². The number of piperazine rings is 1. The molecule has 0 spiro atoms. The number of nitrogens with one attached hydrogen (secondary N) is 2. The SMILES string of the molecule is COCCNC(=O)CN1CCN(C(=O)C2CSCN2)CC1. The number of ether oxygens (including phenoxy) is 1. The molecule has 2 heterocycles. The van der Waals surface area contributed by atoms with E-state index in [-0.39, 0.29) is 17.9 Å². The molecule has 1 atom stereocenters. The van der Waals surface area contributed by atoms with Crippen molar-refractivity contribution in [2.24, 2.45) is 0 Å². The quantitative estimate of drug-likeness (QED) is 0.585. The number of methoxy groups -OCH3 is 1. The second-order valence-corrected chi connectivity index (χ2v) is 6.25. The van der Waals surface area contributed by atoms with Gasteiger partial charge in [-0.2, -0.15) is 0 Å². The first-order chi connectivity index (χ1) is 10.2. The molecule has 0 radical (unpaired) electrons. The maximum atomic E-state index is 12.2. The molecule has 120 valence electrons. The van der Waals surface area contributed by atoms with E-state index in [1.54, 1.807) is 18.9 Å². The summed E-state index contributed by atoms with van der Waals surface area (Å²) in [5.41, 5.74) is 0. The van der Waals surface area contributed by atoms with E-state index in [1.807, 2.05) is 4.90 Å². The van der Waals surface area contributed by atoms with Gasteiger partial charge in [0.2, 0.25) is 11.8 Å². The predicted octanol–water partition coefficient (Wildman–Crippen LogP) is -1.44. The maximum Gasteiger partial charge on any atom is 0.240 e. The van der Waals surface area contributed by atoms with Crippen molar-refractivity contribution < 1.29 is 14.3 Å². The normalized spacial score (nSPS) is 23.3. The molecule has 8 heteroatoms. The van der Waals surface area contributed by atoms with Crippen LogP contribution >= 0.6 is 11.8 Å². The summed E-state index contributed by atoms with van der Waals surface area (Å²) in [7, 11) is 1.61. The van der Waals surface area contributed by atoms with E-state index in [1.165, 1.54) is 0 Å². The summed E-state index contributed by atoms with van der Waals surface area (Å²) in [5.74, 6) is 1.93. The molecule has 7 nitrogen and oxygen atoms in total. The van der Waals surface area contributed by atoms with Crippen LogP contribution in [-0.4, -0.2) is 92.3 Å². The molecular formula is C13H24N4O3S. The number of hydrogen-bond donors (Lipinski definition) is 2. The van der Waals surface area contributed by atoms with Crippen molar-refractivity contribution in [1.82, 2.24) is 20.4 Å². The highest BCUT2D eigenvalue weighted by Crippen LogP contribution is 2.13. The van der Waals surface area contributed by atoms with Gasteiger partial charge in [0.05, 0.1) is 19.2 Å². The minimum absolute atomic E-state index is 0.0145. The van der Waals surface area contributed by atoms with Gasteiger partial charge in [0.1, 0.15) is 0 Å². The van der Waals surface area contributed by atoms with Gasteiger partial charge in [0.15, 0.2) is 0 Å². The maximum absolute atomic E-state index is 12.2. The lowest BCUT2D eigenvalue weighted by Crippen LogP contribution is -2.54. The van der Waals surface area contributed by atoms with Crippen LogP contribution in [0.5, 0.6) is 0 Å². The van der Waals surface area contributed by atoms with Gasteiger partial charge in [-0.3, -0.25) is 19.8 Å². The number of nitrogens with zero attached hydrogens (tertiary/aromatic N) is 2. The molecule has 2 fully saturated rings. The number of hydrogen-bond acceptors (Lipinski definition) is 6. The predicted molar refractivity (Wildman–Crippen MR) is 82.2 cm³/mol. The van der Waals surface area contributed by atoms with E-state index in [0.717, 1.165) is 24.7 Å². The number of rotatable bonds is 6. The molecule has 2 saturated heterocycles. The first-order valence-electron chi connectivity index (χ1n) is 7.28. The molecule has 0 saturated carbocycles. The zero-order chi connectivity index (χ0) is 15.1. The molecule has 2 aliphatic heterocycles. The lowest BCUT2D eigenvalue weighted by molar-refractivity contribution is -0.134. The van der Waals surface area contributed by atoms with E-state index in [4.69, 9.17) is 4.74 Å². The average molecular weight is 316 g/mol. The van der Waals surface area contributed by atoms with Crippen LogP contribution < -0.4 is 10.6 Å². The van der Waals surface area contributed by atoms with Gasteiger partial charge in [-0.15, -0.1) is 11.8 Å². The summed E-state index contributed by atoms with van der Waals surface area (Å²) in [5, 5.41) is 6.02. The Morgan fingerprint density at radius 2 is 2.10 bits per heavy atom. The number of carbonyl (C=O) groups excluding carboxylic acids is 2. The summed E-state index contributed by atoms with van der Waals surface area (Å²) < 4.78 is 4.89. The standard InChI is InChI=1S/C13H24N4O3S/c1-20-7-2-14-12(18)8-16-3-5-17(6-4-16)13(19)11-9-21-10-15-11/h11,15H,2-10H2,1H3,(H,14,18). The van der Waals surface area contributed by atoms with Crippen LogP contribution in [0.3, 0.4) is 0 Å². The van der Waals surface area contributed by atoms with Crippen LogP contribution in [0.4, 0.5) is 0 Å². The Hall–Kier alpha value is -0.830. The molecule has 2 amide bonds. The Bertz CT molecular complexity index is 355. The van der Waals surface area contributed by atoms with E-state index in [9.17, 15) is 9.59 Å². The van der Waals surface area contributed by atoms with Crippen molar-refractivity contribution in [2.75, 3.05) is 64.6 Å². The molecule has 0 aromatic carbocycles. The van der Waals surface area contributed by atoms with Crippen LogP contribution in [0, 0.1) is 0 Å². The topological polar surface area (TPSA) is 73.9 Å². The highest BCUT2D eigenvalue weighted by molar-refractivity contribution is 7.99. The van der Waals surface area contributed by atoms with Crippen molar-refractivity contribution in [3.63, 3.8) is 0 Å². The Balaban J connectivity index is 1.65. The molecule has 21 heavy (non-hydrogen) atoms. The van der Waals surface area contributed by atoms with Gasteiger partial charge in [-0.25, -0.2) is 0 Å². The fourth-order valence-electron chi connectivity index (χ4n) is 2.45. The van der Waals surface area contributed by atoms with Crippen LogP contribution in [0.2, 0.25) is 0 Å². The summed E-state index contributed by atoms with van der Waals surface area (Å²) in [6, 6.07) is -0.0288. The molecule has 0 bridgehead atoms. The van der Waals surface area contributed by atoms with Crippen molar-refractivity contribution in [2.45, 2.75) is 6.04 Å². The number of carbonyl (C=O) groups is 2. The van der Waals surface area contributed by atoms with Gasteiger partial charge in [0.25, 0.3) is 0 Å². The second kappa shape index (κ2) is 8.57. The fraction of sp³-hybridized carbons (Fsp3) is 0.846. The van der Waals surface area contributed by atoms with Gasteiger partial charge < -0.3 is 15.0 Å². The largest absolute Gasteiger partial charge is 0.383 e. The summed E-state index contributed by atoms with van der Waals surface area (Å²) >= 11 is 1.76. The molecule has 2 N–H and O–H groups in total. The lowest BCUT2D eigenvalue weighted by atomic mass is 10.2. The highest BCUT2D eigenvalue weighted by atomic mass is 32.2. The van der Waals surface area contributed by atoms with Gasteiger partial charge in [-0.05, 0) is 0 Å². The minimum Gasteiger partial charge on any atom is -0.383 e. The second-order valence-electron chi connectivity index (χ2n) is 5.22. The summed E-state index contributed by atoms with van der Waals surface area (Å²) in [4.78, 5) is 27.9. The van der Waals surface area contributed by atoms with Gasteiger partial charge >= 0.3 is 0 Å². The third kappa shape index (κ3) is 5.14. The van der Waals surface area contributed by atoms with Crippen LogP contribution in [0.1, 0.15) is 0 Å². The molecule has 2 rings (SSSR count). The van der Waals surface area contributed by atoms with Crippen molar-refractivity contribution >= 4 is 23.6 Å². The number of thioether (sulfide) groups is 1. The summed E-state index contributed by atoms with van der Waals surface area (Å²) in [6.07, 6.45) is 0. The summed E-state index contributed by atoms with van der Waals surface area (Å²) in [6.45, 7) is 4.37. The Morgan fingerprint density at radius 3 is 2.71 bits per heavy atom. The highest BCUT2D eigenvalue weighted by Gasteiger charge is 2.29. The Morgan fingerprint density at radius 1 is 1.33 bits per heavy atom. The molecule has 1 unspecified atom stereocenters. The van der Waals surface area contributed by atoms with Crippen LogP contribution in [-0.2, 0) is 14.3 Å². The van der Waals surface area contributed by atoms with E-state index in [2.05, 4.69) is 15.5 Å². The molecule has 2 aliphatic rings. The third-order valence-electron chi connectivity index (χ3n) is 3.69. The minimum atomic E-state index is -0.0288. The van der Waals surface area contributed by atoms with Crippen LogP contribution in [0.25, 0.3) is 0 Å². The van der Waals surface area contributed by atoms with Crippen LogP contribution in [0.15, 0.2) is 0 Å². The lowest BCUT2D eigenvalue weighted by Gasteiger charge is -2.35. The molecular weight excluding hydrogens is 292 g/mol. The first-order valence-corrected chi connectivity index (χ1v) is 8.44. The molecule has 0 aromatic heterocycles. The van der Waals surface area contributed by atoms with E-state index < -0.39 is 0 Å². The smallest absolute Gasteiger partial charge is 0.240 e. The monoisotopic (exact) mass is 316 g/mol. The van der Waals surface area contributed by atoms with Crippen molar-refractivity contribution in [1.29, 1.82) is 0 Å². The Kier molecular flexibility index (Phi) is 6.75. The fourth-order valence-corrected chi connectivity index (χ4v) is 3.39. The third-order valence-corrected chi connectivity index (χ3v) is 4.63. The zero-order valence-corrected chi connectivity index (χ0v) is 13.3. The molecule has 0 aromatic rings. The van der Waals surface area contributed by atoms with Gasteiger partial charge in [-0.1, -0.05) is 0 Å². The van der Waals surface area contributed by atoms with Gasteiger partial charge in [0, 0.05) is 51.5 Å². The first kappa shape index (κ1) is 16.5. The van der Waals surface area contributed by atoms with E-state index >= 15 is 0 Å². The van der Waals surface area contributed by atoms with Crippen molar-refractivity contribution in [3.05, 3.63) is 0 Å². The number of amides is 2. The zero-order valence-electron chi connectivity index (χ0n) is 12.5.